The second-order valence-corrected chi connectivity index (χ2v) is 9.46. The predicted octanol–water partition coefficient (Wildman–Crippen LogP) is 3.42. The summed E-state index contributed by atoms with van der Waals surface area (Å²) in [6, 6.07) is 7.44. The average molecular weight is 427 g/mol. The molecule has 1 aromatic heterocycles. The third-order valence-corrected chi connectivity index (χ3v) is 5.89. The highest BCUT2D eigenvalue weighted by molar-refractivity contribution is 7.99. The van der Waals surface area contributed by atoms with Crippen LogP contribution in [0.3, 0.4) is 0 Å². The molecule has 0 aliphatic carbocycles. The first-order chi connectivity index (χ1) is 14.1. The number of hydrogen-bond donors (Lipinski definition) is 2. The number of aromatic nitrogens is 1. The lowest BCUT2D eigenvalue weighted by Gasteiger charge is -2.25. The van der Waals surface area contributed by atoms with Gasteiger partial charge in [-0.25, -0.2) is 9.37 Å². The normalized spacial score (nSPS) is 18.8. The number of nitriles is 1. The van der Waals surface area contributed by atoms with E-state index in [1.54, 1.807) is 31.0 Å². The van der Waals surface area contributed by atoms with Crippen molar-refractivity contribution in [1.82, 2.24) is 9.29 Å². The van der Waals surface area contributed by atoms with Crippen molar-refractivity contribution < 1.29 is 9.18 Å². The van der Waals surface area contributed by atoms with Gasteiger partial charge in [0, 0.05) is 24.0 Å². The summed E-state index contributed by atoms with van der Waals surface area (Å²) in [6.45, 7) is 6.11. The molecule has 0 bridgehead atoms. The van der Waals surface area contributed by atoms with Gasteiger partial charge in [0.05, 0.1) is 16.4 Å². The second kappa shape index (κ2) is 8.42. The predicted molar refractivity (Wildman–Crippen MR) is 117 cm³/mol. The zero-order valence-electron chi connectivity index (χ0n) is 17.2. The number of hydrogen-bond acceptors (Lipinski definition) is 7. The number of likely N-dealkylation sites (N-methyl/N-ethyl adjacent to an activating group) is 1. The van der Waals surface area contributed by atoms with E-state index in [2.05, 4.69) is 15.3 Å². The van der Waals surface area contributed by atoms with Gasteiger partial charge < -0.3 is 11.1 Å². The molecule has 0 spiro atoms. The summed E-state index contributed by atoms with van der Waals surface area (Å²) in [5, 5.41) is 11.7. The van der Waals surface area contributed by atoms with Crippen LogP contribution < -0.4 is 11.1 Å². The van der Waals surface area contributed by atoms with E-state index in [0.717, 1.165) is 0 Å². The molecule has 1 aliphatic rings. The molecule has 9 heteroatoms. The second-order valence-electron chi connectivity index (χ2n) is 7.63. The first-order valence-corrected chi connectivity index (χ1v) is 10.1. The molecule has 7 nitrogen and oxygen atoms in total. The van der Waals surface area contributed by atoms with E-state index < -0.39 is 22.5 Å². The summed E-state index contributed by atoms with van der Waals surface area (Å²) in [5.74, 6) is -0.416. The molecule has 2 aromatic rings. The molecule has 1 atom stereocenters. The quantitative estimate of drug-likeness (QED) is 0.728. The summed E-state index contributed by atoms with van der Waals surface area (Å²) in [7, 11) is 1.91. The molecule has 0 radical (unpaired) electrons. The van der Waals surface area contributed by atoms with Crippen LogP contribution >= 0.6 is 11.9 Å². The maximum Gasteiger partial charge on any atom is 0.274 e. The number of aliphatic imine (C=N–C) groups is 1. The highest BCUT2D eigenvalue weighted by atomic mass is 32.2. The van der Waals surface area contributed by atoms with Crippen LogP contribution in [0.4, 0.5) is 10.1 Å². The Morgan fingerprint density at radius 3 is 2.83 bits per heavy atom. The number of benzene rings is 1. The van der Waals surface area contributed by atoms with Gasteiger partial charge in [0.1, 0.15) is 23.4 Å². The minimum absolute atomic E-state index is 0.203. The van der Waals surface area contributed by atoms with Crippen molar-refractivity contribution in [2.24, 2.45) is 10.7 Å². The molecule has 1 aliphatic heterocycles. The molecule has 3 N–H and O–H groups in total. The number of nitrogens with two attached hydrogens (primary N) is 1. The van der Waals surface area contributed by atoms with Gasteiger partial charge in [-0.2, -0.15) is 5.26 Å². The van der Waals surface area contributed by atoms with Crippen molar-refractivity contribution in [3.63, 3.8) is 0 Å². The average Bonchev–Trinajstić information content (AvgIpc) is 2.77. The lowest BCUT2D eigenvalue weighted by molar-refractivity contribution is 0.102. The molecule has 0 fully saturated rings. The molecular formula is C21H23FN6OS. The molecule has 1 aromatic carbocycles. The van der Waals surface area contributed by atoms with Crippen LogP contribution in [0.15, 0.2) is 35.5 Å². The molecule has 3 rings (SSSR count). The molecule has 30 heavy (non-hydrogen) atoms. The number of rotatable bonds is 3. The number of pyridine rings is 1. The summed E-state index contributed by atoms with van der Waals surface area (Å²) in [5.41, 5.74) is 8.10. The molecule has 2 heterocycles. The number of aryl methyl sites for hydroxylation is 1. The van der Waals surface area contributed by atoms with Gasteiger partial charge >= 0.3 is 0 Å². The minimum Gasteiger partial charge on any atom is -0.386 e. The number of nitrogens with zero attached hydrogens (tertiary/aromatic N) is 4. The fraction of sp³-hybridized carbons (Fsp3) is 0.333. The lowest BCUT2D eigenvalue weighted by atomic mass is 10.0. The summed E-state index contributed by atoms with van der Waals surface area (Å²) in [4.78, 5) is 21.3. The Morgan fingerprint density at radius 2 is 2.17 bits per heavy atom. The van der Waals surface area contributed by atoms with Gasteiger partial charge in [-0.15, -0.1) is 0 Å². The number of carbonyl (C=O) groups excluding carboxylic acids is 1. The number of nitrogens with one attached hydrogen (secondary N) is 1. The van der Waals surface area contributed by atoms with Crippen LogP contribution in [0.25, 0.3) is 0 Å². The largest absolute Gasteiger partial charge is 0.386 e. The van der Waals surface area contributed by atoms with Gasteiger partial charge in [-0.3, -0.25) is 14.1 Å². The standard InChI is InChI=1S/C21H23FN6OS/c1-12-7-13(9-23)10-25-18(12)19(29)26-14-5-6-16(22)15(8-14)17-11-28(4)30-21(2,3)20(24)27-17/h5-8,10,17H,11H2,1-4H3,(H2,24,27)(H,26,29)/t17-/m0/s1. The van der Waals surface area contributed by atoms with E-state index in [1.165, 1.54) is 18.3 Å². The van der Waals surface area contributed by atoms with Crippen LogP contribution in [0.2, 0.25) is 0 Å². The smallest absolute Gasteiger partial charge is 0.274 e. The molecule has 156 valence electrons. The fourth-order valence-electron chi connectivity index (χ4n) is 3.19. The Kier molecular flexibility index (Phi) is 6.10. The Hall–Kier alpha value is -2.96. The molecule has 0 saturated heterocycles. The third kappa shape index (κ3) is 4.61. The van der Waals surface area contributed by atoms with Crippen molar-refractivity contribution in [2.45, 2.75) is 31.6 Å². The molecule has 0 unspecified atom stereocenters. The van der Waals surface area contributed by atoms with E-state index in [4.69, 9.17) is 11.0 Å². The first-order valence-electron chi connectivity index (χ1n) is 9.32. The highest BCUT2D eigenvalue weighted by Crippen LogP contribution is 2.35. The zero-order chi connectivity index (χ0) is 22.1. The topological polar surface area (TPSA) is 107 Å². The van der Waals surface area contributed by atoms with Crippen molar-refractivity contribution in [2.75, 3.05) is 18.9 Å². The SMILES string of the molecule is Cc1cc(C#N)cnc1C(=O)Nc1ccc(F)c([C@@H]2CN(C)SC(C)(C)C(N)=N2)c1. The van der Waals surface area contributed by atoms with Gasteiger partial charge in [0.25, 0.3) is 5.91 Å². The zero-order valence-corrected chi connectivity index (χ0v) is 18.0. The van der Waals surface area contributed by atoms with Gasteiger partial charge in [-0.1, -0.05) is 11.9 Å². The van der Waals surface area contributed by atoms with Crippen molar-refractivity contribution in [3.8, 4) is 6.07 Å². The maximum atomic E-state index is 14.7. The molecular weight excluding hydrogens is 403 g/mol. The Labute approximate surface area is 179 Å². The number of amidine groups is 1. The monoisotopic (exact) mass is 426 g/mol. The van der Waals surface area contributed by atoms with Crippen molar-refractivity contribution in [1.29, 1.82) is 5.26 Å². The summed E-state index contributed by atoms with van der Waals surface area (Å²) >= 11 is 1.55. The maximum absolute atomic E-state index is 14.7. The number of carbonyl (C=O) groups is 1. The van der Waals surface area contributed by atoms with Crippen molar-refractivity contribution >= 4 is 29.4 Å². The fourth-order valence-corrected chi connectivity index (χ4v) is 4.33. The third-order valence-electron chi connectivity index (χ3n) is 4.76. The van der Waals surface area contributed by atoms with Crippen LogP contribution in [0, 0.1) is 24.1 Å². The van der Waals surface area contributed by atoms with E-state index in [1.807, 2.05) is 31.3 Å². The number of anilines is 1. The Bertz CT molecular complexity index is 1060. The summed E-state index contributed by atoms with van der Waals surface area (Å²) < 4.78 is 16.2. The number of amides is 1. The summed E-state index contributed by atoms with van der Waals surface area (Å²) in [6.07, 6.45) is 1.34. The van der Waals surface area contributed by atoms with E-state index in [-0.39, 0.29) is 5.69 Å². The van der Waals surface area contributed by atoms with Crippen LogP contribution in [-0.4, -0.2) is 39.4 Å². The van der Waals surface area contributed by atoms with Gasteiger partial charge in [-0.05, 0) is 57.6 Å². The van der Waals surface area contributed by atoms with Crippen LogP contribution in [0.5, 0.6) is 0 Å². The van der Waals surface area contributed by atoms with Crippen LogP contribution in [-0.2, 0) is 0 Å². The van der Waals surface area contributed by atoms with Crippen LogP contribution in [0.1, 0.15) is 47.1 Å². The van der Waals surface area contributed by atoms with E-state index >= 15 is 0 Å². The van der Waals surface area contributed by atoms with E-state index in [9.17, 15) is 9.18 Å². The molecule has 0 saturated carbocycles. The highest BCUT2D eigenvalue weighted by Gasteiger charge is 2.32. The van der Waals surface area contributed by atoms with Gasteiger partial charge in [0.2, 0.25) is 0 Å². The Morgan fingerprint density at radius 1 is 1.43 bits per heavy atom. The first kappa shape index (κ1) is 21.7. The van der Waals surface area contributed by atoms with Crippen molar-refractivity contribution in [3.05, 3.63) is 58.7 Å². The number of halogens is 1. The lowest BCUT2D eigenvalue weighted by Crippen LogP contribution is -2.36. The Balaban J connectivity index is 1.89. The minimum atomic E-state index is -0.504. The van der Waals surface area contributed by atoms with E-state index in [0.29, 0.717) is 34.8 Å². The van der Waals surface area contributed by atoms with Gasteiger partial charge in [0.15, 0.2) is 0 Å². The molecule has 1 amide bonds.